The Kier molecular flexibility index (Phi) is 4.40. The highest BCUT2D eigenvalue weighted by atomic mass is 32.2. The van der Waals surface area contributed by atoms with Crippen LogP contribution in [0.25, 0.3) is 11.4 Å². The molecule has 25 heavy (non-hydrogen) atoms. The molecule has 8 nitrogen and oxygen atoms in total. The smallest absolute Gasteiger partial charge is 0.247 e. The predicted molar refractivity (Wildman–Crippen MR) is 89.3 cm³/mol. The minimum absolute atomic E-state index is 0.0886. The van der Waals surface area contributed by atoms with Crippen molar-refractivity contribution in [1.29, 1.82) is 0 Å². The van der Waals surface area contributed by atoms with Crippen LogP contribution in [0.1, 0.15) is 18.7 Å². The monoisotopic (exact) mass is 380 g/mol. The molecule has 3 aromatic heterocycles. The van der Waals surface area contributed by atoms with Gasteiger partial charge in [0.2, 0.25) is 21.7 Å². The Morgan fingerprint density at radius 1 is 1.40 bits per heavy atom. The van der Waals surface area contributed by atoms with Gasteiger partial charge in [0.1, 0.15) is 11.2 Å². The summed E-state index contributed by atoms with van der Waals surface area (Å²) in [7, 11) is -3.56. The van der Waals surface area contributed by atoms with Crippen molar-refractivity contribution >= 4 is 21.4 Å². The second-order valence-corrected chi connectivity index (χ2v) is 8.68. The van der Waals surface area contributed by atoms with Crippen LogP contribution in [0.2, 0.25) is 0 Å². The second-order valence-electron chi connectivity index (χ2n) is 5.96. The van der Waals surface area contributed by atoms with E-state index >= 15 is 0 Å². The van der Waals surface area contributed by atoms with Gasteiger partial charge >= 0.3 is 0 Å². The lowest BCUT2D eigenvalue weighted by Crippen LogP contribution is -2.40. The minimum Gasteiger partial charge on any atom is -0.363 e. The number of hydrogen-bond acceptors (Lipinski definition) is 8. The number of hydrogen-bond donors (Lipinski definition) is 0. The van der Waals surface area contributed by atoms with Crippen LogP contribution in [0, 0.1) is 5.92 Å². The zero-order valence-corrected chi connectivity index (χ0v) is 14.9. The van der Waals surface area contributed by atoms with E-state index in [1.54, 1.807) is 11.3 Å². The van der Waals surface area contributed by atoms with Gasteiger partial charge in [-0.15, -0.1) is 0 Å². The zero-order valence-electron chi connectivity index (χ0n) is 13.2. The van der Waals surface area contributed by atoms with E-state index in [1.807, 2.05) is 16.8 Å². The summed E-state index contributed by atoms with van der Waals surface area (Å²) in [5, 5.41) is 11.4. The fourth-order valence-corrected chi connectivity index (χ4v) is 5.03. The summed E-state index contributed by atoms with van der Waals surface area (Å²) in [6, 6.07) is 1.94. The van der Waals surface area contributed by atoms with Crippen molar-refractivity contribution in [3.8, 4) is 11.4 Å². The largest absolute Gasteiger partial charge is 0.363 e. The van der Waals surface area contributed by atoms with Gasteiger partial charge in [-0.25, -0.2) is 8.42 Å². The first-order chi connectivity index (χ1) is 12.1. The third-order valence-electron chi connectivity index (χ3n) is 4.24. The predicted octanol–water partition coefficient (Wildman–Crippen LogP) is 2.43. The van der Waals surface area contributed by atoms with Crippen LogP contribution < -0.4 is 0 Å². The average Bonchev–Trinajstić information content (AvgIpc) is 3.36. The second kappa shape index (κ2) is 6.70. The highest BCUT2D eigenvalue weighted by molar-refractivity contribution is 7.89. The van der Waals surface area contributed by atoms with Gasteiger partial charge in [-0.1, -0.05) is 10.3 Å². The molecular formula is C15H16N4O4S2. The Hall–Kier alpha value is -2.04. The molecular weight excluding hydrogens is 364 g/mol. The number of rotatable bonds is 5. The van der Waals surface area contributed by atoms with E-state index in [-0.39, 0.29) is 10.8 Å². The highest BCUT2D eigenvalue weighted by Crippen LogP contribution is 2.26. The van der Waals surface area contributed by atoms with Gasteiger partial charge in [0.05, 0.1) is 6.20 Å². The molecule has 1 aliphatic rings. The highest BCUT2D eigenvalue weighted by Gasteiger charge is 2.32. The lowest BCUT2D eigenvalue weighted by atomic mass is 9.96. The molecule has 1 aliphatic heterocycles. The average molecular weight is 380 g/mol. The SMILES string of the molecule is O=S(=O)(c1cnoc1)N1CCCC(Cc2nc(-c3ccsc3)no2)C1. The molecule has 1 atom stereocenters. The molecule has 1 fully saturated rings. The normalized spacial score (nSPS) is 19.3. The number of thiophene rings is 1. The molecule has 0 aliphatic carbocycles. The molecule has 0 aromatic carbocycles. The van der Waals surface area contributed by atoms with Gasteiger partial charge in [0.25, 0.3) is 0 Å². The van der Waals surface area contributed by atoms with Crippen molar-refractivity contribution < 1.29 is 17.5 Å². The van der Waals surface area contributed by atoms with Crippen molar-refractivity contribution in [2.75, 3.05) is 13.1 Å². The van der Waals surface area contributed by atoms with E-state index in [0.717, 1.165) is 24.7 Å². The molecule has 0 radical (unpaired) electrons. The maximum Gasteiger partial charge on any atom is 0.247 e. The number of nitrogens with zero attached hydrogens (tertiary/aromatic N) is 4. The van der Waals surface area contributed by atoms with Crippen LogP contribution in [0.3, 0.4) is 0 Å². The summed E-state index contributed by atoms with van der Waals surface area (Å²) >= 11 is 1.57. The van der Waals surface area contributed by atoms with Gasteiger partial charge in [0, 0.05) is 30.5 Å². The Labute approximate surface area is 148 Å². The van der Waals surface area contributed by atoms with E-state index < -0.39 is 10.0 Å². The van der Waals surface area contributed by atoms with Crippen LogP contribution in [-0.4, -0.2) is 41.1 Å². The fourth-order valence-electron chi connectivity index (χ4n) is 2.98. The van der Waals surface area contributed by atoms with Crippen molar-refractivity contribution in [3.63, 3.8) is 0 Å². The summed E-state index contributed by atoms with van der Waals surface area (Å²) in [4.78, 5) is 4.51. The summed E-state index contributed by atoms with van der Waals surface area (Å²) in [5.41, 5.74) is 0.931. The Morgan fingerprint density at radius 3 is 3.08 bits per heavy atom. The van der Waals surface area contributed by atoms with Crippen molar-refractivity contribution in [3.05, 3.63) is 35.2 Å². The molecule has 132 valence electrons. The summed E-state index contributed by atoms with van der Waals surface area (Å²) in [5.74, 6) is 1.25. The molecule has 1 unspecified atom stereocenters. The van der Waals surface area contributed by atoms with Gasteiger partial charge in [-0.3, -0.25) is 0 Å². The number of aromatic nitrogens is 3. The van der Waals surface area contributed by atoms with Gasteiger partial charge in [-0.05, 0) is 30.2 Å². The first-order valence-electron chi connectivity index (χ1n) is 7.87. The van der Waals surface area contributed by atoms with E-state index in [0.29, 0.717) is 31.2 Å². The number of sulfonamides is 1. The molecule has 0 N–H and O–H groups in total. The Balaban J connectivity index is 1.45. The fraction of sp³-hybridized carbons (Fsp3) is 0.400. The van der Waals surface area contributed by atoms with Crippen molar-refractivity contribution in [1.82, 2.24) is 19.6 Å². The molecule has 4 heterocycles. The first-order valence-corrected chi connectivity index (χ1v) is 10.3. The lowest BCUT2D eigenvalue weighted by Gasteiger charge is -2.30. The topological polar surface area (TPSA) is 102 Å². The van der Waals surface area contributed by atoms with E-state index in [9.17, 15) is 8.42 Å². The summed E-state index contributed by atoms with van der Waals surface area (Å²) in [6.45, 7) is 0.914. The van der Waals surface area contributed by atoms with E-state index in [2.05, 4.69) is 19.8 Å². The third-order valence-corrected chi connectivity index (χ3v) is 6.73. The van der Waals surface area contributed by atoms with Crippen molar-refractivity contribution in [2.45, 2.75) is 24.2 Å². The van der Waals surface area contributed by atoms with Crippen molar-refractivity contribution in [2.24, 2.45) is 5.92 Å². The molecule has 4 rings (SSSR count). The molecule has 3 aromatic rings. The summed E-state index contributed by atoms with van der Waals surface area (Å²) < 4.78 is 36.6. The van der Waals surface area contributed by atoms with Crippen LogP contribution in [0.4, 0.5) is 0 Å². The van der Waals surface area contributed by atoms with Crippen LogP contribution in [-0.2, 0) is 16.4 Å². The van der Waals surface area contributed by atoms with E-state index in [4.69, 9.17) is 4.52 Å². The molecule has 1 saturated heterocycles. The van der Waals surface area contributed by atoms with Crippen LogP contribution in [0.15, 0.2) is 43.2 Å². The van der Waals surface area contributed by atoms with E-state index in [1.165, 1.54) is 10.5 Å². The first kappa shape index (κ1) is 16.4. The maximum atomic E-state index is 12.6. The molecule has 0 bridgehead atoms. The summed E-state index contributed by atoms with van der Waals surface area (Å²) in [6.07, 6.45) is 4.66. The molecule has 10 heteroatoms. The Bertz CT molecular complexity index is 919. The standard InChI is InChI=1S/C15H16N4O4S2/c20-25(21,13-7-16-22-9-13)19-4-1-2-11(8-19)6-14-17-15(18-23-14)12-3-5-24-10-12/h3,5,7,9-11H,1-2,4,6,8H2. The Morgan fingerprint density at radius 2 is 2.32 bits per heavy atom. The van der Waals surface area contributed by atoms with Gasteiger partial charge in [-0.2, -0.15) is 20.6 Å². The quantitative estimate of drug-likeness (QED) is 0.670. The molecule has 0 amide bonds. The maximum absolute atomic E-state index is 12.6. The van der Waals surface area contributed by atoms with Gasteiger partial charge in [0.15, 0.2) is 0 Å². The molecule has 0 spiro atoms. The van der Waals surface area contributed by atoms with Gasteiger partial charge < -0.3 is 9.05 Å². The third kappa shape index (κ3) is 3.37. The number of piperidine rings is 1. The molecule has 0 saturated carbocycles. The lowest BCUT2D eigenvalue weighted by molar-refractivity contribution is 0.247. The zero-order chi connectivity index (χ0) is 17.3. The van der Waals surface area contributed by atoms with Crippen LogP contribution in [0.5, 0.6) is 0 Å². The minimum atomic E-state index is -3.56. The van der Waals surface area contributed by atoms with Crippen LogP contribution >= 0.6 is 11.3 Å².